The van der Waals surface area contributed by atoms with Gasteiger partial charge in [0.25, 0.3) is 11.8 Å². The Morgan fingerprint density at radius 1 is 0.838 bits per heavy atom. The molecular formula is C23H28N8O6. The Hall–Kier alpha value is -4.75. The first-order chi connectivity index (χ1) is 17.7. The van der Waals surface area contributed by atoms with Crippen molar-refractivity contribution in [2.24, 2.45) is 0 Å². The number of esters is 2. The van der Waals surface area contributed by atoms with E-state index in [-0.39, 0.29) is 24.2 Å². The fourth-order valence-electron chi connectivity index (χ4n) is 3.37. The van der Waals surface area contributed by atoms with Crippen molar-refractivity contribution < 1.29 is 28.7 Å². The minimum Gasteiger partial charge on any atom is -0.467 e. The van der Waals surface area contributed by atoms with E-state index in [1.54, 1.807) is 19.0 Å². The fraction of sp³-hybridized carbons (Fsp3) is 0.348. The molecule has 2 amide bonds. The molecule has 0 saturated carbocycles. The molecule has 3 aromatic rings. The highest BCUT2D eigenvalue weighted by molar-refractivity contribution is 6.00. The number of rotatable bonds is 11. The highest BCUT2D eigenvalue weighted by Crippen LogP contribution is 2.16. The number of imidazole rings is 2. The molecule has 4 N–H and O–H groups in total. The van der Waals surface area contributed by atoms with Gasteiger partial charge in [-0.3, -0.25) is 9.59 Å². The fourth-order valence-corrected chi connectivity index (χ4v) is 3.37. The van der Waals surface area contributed by atoms with E-state index in [9.17, 15) is 19.2 Å². The van der Waals surface area contributed by atoms with Crippen molar-refractivity contribution in [2.45, 2.75) is 24.9 Å². The first-order valence-corrected chi connectivity index (χ1v) is 11.1. The van der Waals surface area contributed by atoms with Gasteiger partial charge in [-0.25, -0.2) is 24.5 Å². The molecule has 0 aliphatic rings. The molecule has 0 aliphatic heterocycles. The summed E-state index contributed by atoms with van der Waals surface area (Å²) in [6, 6.07) is 0.884. The monoisotopic (exact) mass is 512 g/mol. The first-order valence-electron chi connectivity index (χ1n) is 11.1. The smallest absolute Gasteiger partial charge is 0.328 e. The zero-order chi connectivity index (χ0) is 26.9. The van der Waals surface area contributed by atoms with E-state index in [0.717, 1.165) is 0 Å². The molecule has 3 aromatic heterocycles. The predicted molar refractivity (Wildman–Crippen MR) is 130 cm³/mol. The van der Waals surface area contributed by atoms with Gasteiger partial charge in [-0.15, -0.1) is 0 Å². The van der Waals surface area contributed by atoms with Gasteiger partial charge in [0.2, 0.25) is 0 Å². The van der Waals surface area contributed by atoms with Gasteiger partial charge >= 0.3 is 11.9 Å². The third-order valence-corrected chi connectivity index (χ3v) is 5.33. The number of nitrogens with zero attached hydrogens (tertiary/aromatic N) is 4. The van der Waals surface area contributed by atoms with Crippen molar-refractivity contribution in [3.8, 4) is 0 Å². The van der Waals surface area contributed by atoms with Gasteiger partial charge in [0.1, 0.15) is 23.5 Å². The summed E-state index contributed by atoms with van der Waals surface area (Å²) in [5.74, 6) is -2.72. The lowest BCUT2D eigenvalue weighted by Gasteiger charge is -2.19. The molecule has 196 valence electrons. The lowest BCUT2D eigenvalue weighted by Crippen LogP contribution is -2.44. The molecule has 0 aromatic carbocycles. The van der Waals surface area contributed by atoms with E-state index < -0.39 is 35.8 Å². The molecule has 0 aliphatic carbocycles. The average molecular weight is 513 g/mol. The van der Waals surface area contributed by atoms with Crippen LogP contribution in [0.1, 0.15) is 32.4 Å². The van der Waals surface area contributed by atoms with Crippen molar-refractivity contribution in [1.29, 1.82) is 0 Å². The topological polar surface area (TPSA) is 184 Å². The maximum Gasteiger partial charge on any atom is 0.328 e. The number of anilines is 1. The number of carbonyl (C=O) groups is 4. The van der Waals surface area contributed by atoms with Gasteiger partial charge < -0.3 is 35.0 Å². The van der Waals surface area contributed by atoms with Crippen LogP contribution in [0.2, 0.25) is 0 Å². The van der Waals surface area contributed by atoms with Crippen LogP contribution in [0.25, 0.3) is 0 Å². The van der Waals surface area contributed by atoms with Crippen LogP contribution in [0, 0.1) is 0 Å². The van der Waals surface area contributed by atoms with E-state index in [1.807, 2.05) is 0 Å². The van der Waals surface area contributed by atoms with Crippen LogP contribution < -0.4 is 15.5 Å². The summed E-state index contributed by atoms with van der Waals surface area (Å²) >= 11 is 0. The first kappa shape index (κ1) is 26.8. The van der Waals surface area contributed by atoms with Crippen LogP contribution in [-0.4, -0.2) is 89.1 Å². The highest BCUT2D eigenvalue weighted by atomic mass is 16.5. The number of H-pyrrole nitrogens is 2. The number of ether oxygens (including phenoxy) is 2. The maximum atomic E-state index is 13.1. The van der Waals surface area contributed by atoms with E-state index >= 15 is 0 Å². The summed E-state index contributed by atoms with van der Waals surface area (Å²) in [7, 11) is 5.87. The number of amides is 2. The summed E-state index contributed by atoms with van der Waals surface area (Å²) in [4.78, 5) is 70.2. The molecule has 2 atom stereocenters. The standard InChI is InChI=1S/C23H28N8O6/c1-31(2)15-7-16(20(32)29-18(22(34)36-3)5-13-9-24-11-26-13)28-17(8-15)21(33)30-19(23(35)37-4)6-14-10-25-12-27-14/h7-12,18-19H,5-6H2,1-4H3,(H,24,26)(H,25,27)(H,29,32)(H,30,33)/t18-,19-/m0/s1. The number of aromatic amines is 2. The second-order valence-corrected chi connectivity index (χ2v) is 8.15. The SMILES string of the molecule is COC(=O)[C@H](Cc1cnc[nH]1)NC(=O)c1cc(N(C)C)cc(C(=O)N[C@@H](Cc2cnc[nH]2)C(=O)OC)n1. The highest BCUT2D eigenvalue weighted by Gasteiger charge is 2.27. The van der Waals surface area contributed by atoms with Gasteiger partial charge in [-0.05, 0) is 12.1 Å². The second kappa shape index (κ2) is 12.3. The van der Waals surface area contributed by atoms with Crippen LogP contribution in [0.3, 0.4) is 0 Å². The minimum absolute atomic E-state index is 0.105. The van der Waals surface area contributed by atoms with E-state index in [2.05, 4.69) is 35.6 Å². The molecule has 0 bridgehead atoms. The lowest BCUT2D eigenvalue weighted by molar-refractivity contribution is -0.143. The van der Waals surface area contributed by atoms with Gasteiger partial charge in [-0.2, -0.15) is 0 Å². The average Bonchev–Trinajstić information content (AvgIpc) is 3.61. The minimum atomic E-state index is -1.03. The Balaban J connectivity index is 1.85. The number of nitrogens with one attached hydrogen (secondary N) is 4. The van der Waals surface area contributed by atoms with Crippen molar-refractivity contribution in [2.75, 3.05) is 33.2 Å². The van der Waals surface area contributed by atoms with E-state index in [0.29, 0.717) is 17.1 Å². The van der Waals surface area contributed by atoms with Gasteiger partial charge in [0.15, 0.2) is 0 Å². The summed E-state index contributed by atoms with van der Waals surface area (Å²) in [6.45, 7) is 0. The van der Waals surface area contributed by atoms with Crippen molar-refractivity contribution in [3.05, 3.63) is 60.0 Å². The molecule has 14 nitrogen and oxygen atoms in total. The van der Waals surface area contributed by atoms with E-state index in [1.165, 1.54) is 51.4 Å². The third kappa shape index (κ3) is 7.13. The molecule has 0 fully saturated rings. The second-order valence-electron chi connectivity index (χ2n) is 8.15. The Bertz CT molecular complexity index is 1140. The van der Waals surface area contributed by atoms with Crippen molar-refractivity contribution in [3.63, 3.8) is 0 Å². The van der Waals surface area contributed by atoms with Gasteiger partial charge in [0, 0.05) is 56.4 Å². The predicted octanol–water partition coefficient (Wildman–Crippen LogP) is -0.378. The van der Waals surface area contributed by atoms with Gasteiger partial charge in [-0.1, -0.05) is 0 Å². The van der Waals surface area contributed by atoms with Crippen LogP contribution in [-0.2, 0) is 31.9 Å². The van der Waals surface area contributed by atoms with Crippen LogP contribution in [0.5, 0.6) is 0 Å². The number of hydrogen-bond donors (Lipinski definition) is 4. The van der Waals surface area contributed by atoms with Crippen molar-refractivity contribution >= 4 is 29.4 Å². The van der Waals surface area contributed by atoms with Gasteiger partial charge in [0.05, 0.1) is 26.9 Å². The molecule has 3 heterocycles. The van der Waals surface area contributed by atoms with Crippen LogP contribution in [0.15, 0.2) is 37.2 Å². The quantitative estimate of drug-likeness (QED) is 0.247. The Kier molecular flexibility index (Phi) is 8.91. The molecule has 14 heteroatoms. The third-order valence-electron chi connectivity index (χ3n) is 5.33. The maximum absolute atomic E-state index is 13.1. The number of carbonyl (C=O) groups excluding carboxylic acids is 4. The summed E-state index contributed by atoms with van der Waals surface area (Å²) in [5.41, 5.74) is 1.49. The number of pyridine rings is 1. The number of hydrogen-bond acceptors (Lipinski definition) is 10. The lowest BCUT2D eigenvalue weighted by atomic mass is 10.1. The normalized spacial score (nSPS) is 12.2. The summed E-state index contributed by atoms with van der Waals surface area (Å²) < 4.78 is 9.62. The molecule has 37 heavy (non-hydrogen) atoms. The van der Waals surface area contributed by atoms with Crippen LogP contribution in [0.4, 0.5) is 5.69 Å². The molecular weight excluding hydrogens is 484 g/mol. The molecule has 0 unspecified atom stereocenters. The molecule has 0 saturated heterocycles. The van der Waals surface area contributed by atoms with Crippen LogP contribution >= 0.6 is 0 Å². The Morgan fingerprint density at radius 2 is 1.27 bits per heavy atom. The Morgan fingerprint density at radius 3 is 1.59 bits per heavy atom. The summed E-state index contributed by atoms with van der Waals surface area (Å²) in [6.07, 6.45) is 6.16. The zero-order valence-electron chi connectivity index (χ0n) is 20.8. The molecule has 0 spiro atoms. The summed E-state index contributed by atoms with van der Waals surface area (Å²) in [5, 5.41) is 5.19. The number of methoxy groups -OCH3 is 2. The zero-order valence-corrected chi connectivity index (χ0v) is 20.8. The Labute approximate surface area is 212 Å². The largest absolute Gasteiger partial charge is 0.467 e. The van der Waals surface area contributed by atoms with E-state index in [4.69, 9.17) is 9.47 Å². The number of aromatic nitrogens is 5. The van der Waals surface area contributed by atoms with Crippen molar-refractivity contribution in [1.82, 2.24) is 35.6 Å². The molecule has 3 rings (SSSR count). The molecule has 0 radical (unpaired) electrons.